The lowest BCUT2D eigenvalue weighted by Gasteiger charge is -2.20. The van der Waals surface area contributed by atoms with Crippen LogP contribution in [0.3, 0.4) is 0 Å². The second-order valence-corrected chi connectivity index (χ2v) is 6.42. The molecule has 0 spiro atoms. The summed E-state index contributed by atoms with van der Waals surface area (Å²) in [7, 11) is 1.58. The minimum absolute atomic E-state index is 0.0173. The van der Waals surface area contributed by atoms with Crippen molar-refractivity contribution in [3.63, 3.8) is 0 Å². The molecule has 0 heterocycles. The highest BCUT2D eigenvalue weighted by Crippen LogP contribution is 2.27. The van der Waals surface area contributed by atoms with Gasteiger partial charge in [-0.25, -0.2) is 0 Å². The van der Waals surface area contributed by atoms with Gasteiger partial charge in [0.1, 0.15) is 10.8 Å². The van der Waals surface area contributed by atoms with Crippen molar-refractivity contribution in [2.45, 2.75) is 6.04 Å². The number of carbonyl (C=O) groups is 1. The normalized spacial score (nSPS) is 11.5. The van der Waals surface area contributed by atoms with Crippen LogP contribution in [-0.2, 0) is 0 Å². The van der Waals surface area contributed by atoms with Gasteiger partial charge in [-0.1, -0.05) is 54.1 Å². The van der Waals surface area contributed by atoms with Gasteiger partial charge in [-0.05, 0) is 35.4 Å². The number of nitro groups is 1. The van der Waals surface area contributed by atoms with Gasteiger partial charge in [-0.2, -0.15) is 0 Å². The van der Waals surface area contributed by atoms with Gasteiger partial charge in [0.2, 0.25) is 0 Å². The van der Waals surface area contributed by atoms with Gasteiger partial charge in [0, 0.05) is 11.6 Å². The molecule has 0 fully saturated rings. The quantitative estimate of drug-likeness (QED) is 0.480. The number of amides is 1. The van der Waals surface area contributed by atoms with Crippen molar-refractivity contribution in [2.75, 3.05) is 7.11 Å². The molecule has 3 aromatic rings. The third-order valence-electron chi connectivity index (χ3n) is 4.26. The summed E-state index contributed by atoms with van der Waals surface area (Å²) in [6.07, 6.45) is 0. The predicted octanol–water partition coefficient (Wildman–Crippen LogP) is 4.78. The molecule has 6 nitrogen and oxygen atoms in total. The van der Waals surface area contributed by atoms with Crippen LogP contribution in [0.4, 0.5) is 5.69 Å². The average molecular weight is 397 g/mol. The summed E-state index contributed by atoms with van der Waals surface area (Å²) in [4.78, 5) is 23.3. The largest absolute Gasteiger partial charge is 0.497 e. The SMILES string of the molecule is COc1ccc([C@@H](NC(=O)c2ccc(Cl)c([N+](=O)[O-])c2)c2ccccc2)cc1. The van der Waals surface area contributed by atoms with E-state index < -0.39 is 16.9 Å². The van der Waals surface area contributed by atoms with Gasteiger partial charge in [0.25, 0.3) is 11.6 Å². The topological polar surface area (TPSA) is 81.5 Å². The predicted molar refractivity (Wildman–Crippen MR) is 107 cm³/mol. The van der Waals surface area contributed by atoms with E-state index >= 15 is 0 Å². The lowest BCUT2D eigenvalue weighted by molar-refractivity contribution is -0.384. The Morgan fingerprint density at radius 2 is 1.68 bits per heavy atom. The molecule has 3 aromatic carbocycles. The van der Waals surface area contributed by atoms with E-state index in [0.717, 1.165) is 11.1 Å². The molecule has 142 valence electrons. The zero-order valence-corrected chi connectivity index (χ0v) is 15.7. The summed E-state index contributed by atoms with van der Waals surface area (Å²) >= 11 is 5.84. The van der Waals surface area contributed by atoms with Gasteiger partial charge in [-0.15, -0.1) is 0 Å². The maximum atomic E-state index is 12.8. The third-order valence-corrected chi connectivity index (χ3v) is 4.58. The van der Waals surface area contributed by atoms with Crippen LogP contribution in [0.1, 0.15) is 27.5 Å². The molecule has 0 aliphatic rings. The average Bonchev–Trinajstić information content (AvgIpc) is 2.72. The molecular formula is C21H17ClN2O4. The maximum absolute atomic E-state index is 12.8. The summed E-state index contributed by atoms with van der Waals surface area (Å²) in [6.45, 7) is 0. The molecule has 0 aliphatic carbocycles. The van der Waals surface area contributed by atoms with Crippen LogP contribution in [0.2, 0.25) is 5.02 Å². The number of nitrogens with zero attached hydrogens (tertiary/aromatic N) is 1. The van der Waals surface area contributed by atoms with Crippen LogP contribution in [0.15, 0.2) is 72.8 Å². The molecule has 0 unspecified atom stereocenters. The first-order valence-electron chi connectivity index (χ1n) is 8.43. The van der Waals surface area contributed by atoms with Gasteiger partial charge in [0.15, 0.2) is 0 Å². The summed E-state index contributed by atoms with van der Waals surface area (Å²) in [5.74, 6) is 0.264. The van der Waals surface area contributed by atoms with Crippen LogP contribution in [-0.4, -0.2) is 17.9 Å². The molecule has 7 heteroatoms. The fraction of sp³-hybridized carbons (Fsp3) is 0.0952. The second kappa shape index (κ2) is 8.54. The molecule has 1 atom stereocenters. The highest BCUT2D eigenvalue weighted by molar-refractivity contribution is 6.32. The Morgan fingerprint density at radius 3 is 2.29 bits per heavy atom. The second-order valence-electron chi connectivity index (χ2n) is 6.01. The number of halogens is 1. The number of ether oxygens (including phenoxy) is 1. The molecule has 0 bridgehead atoms. The molecule has 0 saturated carbocycles. The number of carbonyl (C=O) groups excluding carboxylic acids is 1. The monoisotopic (exact) mass is 396 g/mol. The minimum atomic E-state index is -0.614. The van der Waals surface area contributed by atoms with E-state index in [4.69, 9.17) is 16.3 Å². The standard InChI is InChI=1S/C21H17ClN2O4/c1-28-17-10-7-15(8-11-17)20(14-5-3-2-4-6-14)23-21(25)16-9-12-18(22)19(13-16)24(26)27/h2-13,20H,1H3,(H,23,25)/t20-/m0/s1. The number of benzene rings is 3. The van der Waals surface area contributed by atoms with Crippen molar-refractivity contribution >= 4 is 23.2 Å². The van der Waals surface area contributed by atoms with E-state index in [1.807, 2.05) is 54.6 Å². The molecule has 0 saturated heterocycles. The molecule has 1 N–H and O–H groups in total. The minimum Gasteiger partial charge on any atom is -0.497 e. The molecular weight excluding hydrogens is 380 g/mol. The van der Waals surface area contributed by atoms with Crippen LogP contribution in [0.5, 0.6) is 5.75 Å². The van der Waals surface area contributed by atoms with E-state index in [9.17, 15) is 14.9 Å². The Balaban J connectivity index is 1.94. The van der Waals surface area contributed by atoms with E-state index in [-0.39, 0.29) is 16.3 Å². The van der Waals surface area contributed by atoms with Crippen LogP contribution < -0.4 is 10.1 Å². The first kappa shape index (κ1) is 19.4. The summed E-state index contributed by atoms with van der Waals surface area (Å²) in [6, 6.07) is 20.3. The smallest absolute Gasteiger partial charge is 0.288 e. The number of hydrogen-bond donors (Lipinski definition) is 1. The number of nitrogens with one attached hydrogen (secondary N) is 1. The van der Waals surface area contributed by atoms with Crippen molar-refractivity contribution in [1.82, 2.24) is 5.32 Å². The lowest BCUT2D eigenvalue weighted by atomic mass is 9.98. The summed E-state index contributed by atoms with van der Waals surface area (Å²) < 4.78 is 5.19. The summed E-state index contributed by atoms with van der Waals surface area (Å²) in [5, 5.41) is 14.0. The van der Waals surface area contributed by atoms with Gasteiger partial charge < -0.3 is 10.1 Å². The van der Waals surface area contributed by atoms with E-state index in [0.29, 0.717) is 5.75 Å². The van der Waals surface area contributed by atoms with Gasteiger partial charge in [0.05, 0.1) is 18.1 Å². The van der Waals surface area contributed by atoms with Crippen LogP contribution >= 0.6 is 11.6 Å². The lowest BCUT2D eigenvalue weighted by Crippen LogP contribution is -2.29. The number of methoxy groups -OCH3 is 1. The van der Waals surface area contributed by atoms with Crippen molar-refractivity contribution in [3.8, 4) is 5.75 Å². The number of hydrogen-bond acceptors (Lipinski definition) is 4. The van der Waals surface area contributed by atoms with E-state index in [1.165, 1.54) is 18.2 Å². The highest BCUT2D eigenvalue weighted by Gasteiger charge is 2.21. The van der Waals surface area contributed by atoms with Crippen molar-refractivity contribution in [1.29, 1.82) is 0 Å². The van der Waals surface area contributed by atoms with E-state index in [1.54, 1.807) is 7.11 Å². The Kier molecular flexibility index (Phi) is 5.91. The summed E-state index contributed by atoms with van der Waals surface area (Å²) in [5.41, 5.74) is 1.58. The number of nitro benzene ring substituents is 1. The Hall–Kier alpha value is -3.38. The first-order valence-corrected chi connectivity index (χ1v) is 8.81. The van der Waals surface area contributed by atoms with Crippen LogP contribution in [0.25, 0.3) is 0 Å². The maximum Gasteiger partial charge on any atom is 0.288 e. The fourth-order valence-corrected chi connectivity index (χ4v) is 3.00. The van der Waals surface area contributed by atoms with Crippen molar-refractivity contribution < 1.29 is 14.5 Å². The number of rotatable bonds is 6. The van der Waals surface area contributed by atoms with Gasteiger partial charge in [-0.3, -0.25) is 14.9 Å². The molecule has 3 rings (SSSR count). The van der Waals surface area contributed by atoms with Crippen molar-refractivity contribution in [3.05, 3.63) is 105 Å². The Bertz CT molecular complexity index is 991. The zero-order chi connectivity index (χ0) is 20.1. The van der Waals surface area contributed by atoms with Crippen molar-refractivity contribution in [2.24, 2.45) is 0 Å². The molecule has 28 heavy (non-hydrogen) atoms. The zero-order valence-electron chi connectivity index (χ0n) is 15.0. The molecule has 0 aliphatic heterocycles. The molecule has 0 aromatic heterocycles. The third kappa shape index (κ3) is 4.29. The Labute approximate surface area is 166 Å². The Morgan fingerprint density at radius 1 is 1.04 bits per heavy atom. The highest BCUT2D eigenvalue weighted by atomic mass is 35.5. The van der Waals surface area contributed by atoms with Crippen LogP contribution in [0, 0.1) is 10.1 Å². The van der Waals surface area contributed by atoms with Gasteiger partial charge >= 0.3 is 0 Å². The van der Waals surface area contributed by atoms with E-state index in [2.05, 4.69) is 5.32 Å². The fourth-order valence-electron chi connectivity index (χ4n) is 2.81. The molecule has 1 amide bonds. The first-order chi connectivity index (χ1) is 13.5. The molecule has 0 radical (unpaired) electrons.